The van der Waals surface area contributed by atoms with Crippen LogP contribution in [0, 0.1) is 0 Å². The Bertz CT molecular complexity index is 956. The second kappa shape index (κ2) is 20.3. The summed E-state index contributed by atoms with van der Waals surface area (Å²) in [7, 11) is 0. The zero-order valence-electron chi connectivity index (χ0n) is 25.4. The van der Waals surface area contributed by atoms with Gasteiger partial charge in [-0.1, -0.05) is 104 Å². The topological polar surface area (TPSA) is 74.2 Å². The van der Waals surface area contributed by atoms with Gasteiger partial charge in [0.1, 0.15) is 0 Å². The number of aryl methyl sites for hydroxylation is 1. The van der Waals surface area contributed by atoms with Crippen molar-refractivity contribution in [1.82, 2.24) is 4.57 Å². The maximum atomic E-state index is 13.6. The second-order valence-electron chi connectivity index (χ2n) is 11.2. The summed E-state index contributed by atoms with van der Waals surface area (Å²) in [4.78, 5) is 24.4. The van der Waals surface area contributed by atoms with E-state index in [9.17, 15) is 14.7 Å². The van der Waals surface area contributed by atoms with Crippen LogP contribution in [0.4, 0.5) is 5.69 Å². The molecule has 0 aliphatic rings. The fraction of sp³-hybridized carbons (Fsp3) is 0.636. The van der Waals surface area contributed by atoms with E-state index < -0.39 is 5.97 Å². The average Bonchev–Trinajstić information content (AvgIpc) is 3.32. The van der Waals surface area contributed by atoms with Crippen molar-refractivity contribution in [2.75, 3.05) is 5.32 Å². The van der Waals surface area contributed by atoms with Crippen LogP contribution in [0.5, 0.6) is 0 Å². The first-order valence-electron chi connectivity index (χ1n) is 15.2. The number of carboxylic acids is 1. The van der Waals surface area contributed by atoms with E-state index >= 15 is 0 Å². The fourth-order valence-corrected chi connectivity index (χ4v) is 5.13. The van der Waals surface area contributed by atoms with Crippen LogP contribution in [0.3, 0.4) is 0 Å². The van der Waals surface area contributed by atoms with Crippen LogP contribution in [0.15, 0.2) is 36.7 Å². The molecule has 1 aromatic carbocycles. The zero-order chi connectivity index (χ0) is 27.8. The van der Waals surface area contributed by atoms with Crippen LogP contribution >= 0.6 is 0 Å². The Morgan fingerprint density at radius 2 is 1.49 bits per heavy atom. The van der Waals surface area contributed by atoms with Gasteiger partial charge in [0, 0.05) is 47.8 Å². The third-order valence-electron chi connectivity index (χ3n) is 7.38. The van der Waals surface area contributed by atoms with Gasteiger partial charge < -0.3 is 19.8 Å². The van der Waals surface area contributed by atoms with Crippen molar-refractivity contribution in [3.8, 4) is 0 Å². The average molecular weight is 547 g/mol. The maximum absolute atomic E-state index is 13.6. The molecule has 212 valence electrons. The van der Waals surface area contributed by atoms with E-state index in [2.05, 4.69) is 39.1 Å². The van der Waals surface area contributed by atoms with Gasteiger partial charge >= 0.3 is 29.6 Å². The number of carbonyl (C=O) groups is 2. The summed E-state index contributed by atoms with van der Waals surface area (Å²) in [5, 5.41) is 14.6. The molecule has 39 heavy (non-hydrogen) atoms. The largest absolute Gasteiger partial charge is 1.00 e. The van der Waals surface area contributed by atoms with Gasteiger partial charge in [-0.05, 0) is 49.3 Å². The molecule has 0 atom stereocenters. The summed E-state index contributed by atoms with van der Waals surface area (Å²) in [6.07, 6.45) is 19.6. The molecule has 2 rings (SSSR count). The number of benzene rings is 1. The van der Waals surface area contributed by atoms with Gasteiger partial charge in [-0.15, -0.1) is 0 Å². The maximum Gasteiger partial charge on any atom is 1.00 e. The number of nitrogens with zero attached hydrogens (tertiary/aromatic N) is 1. The Hall–Kier alpha value is -1.56. The number of aromatic nitrogens is 1. The number of carbonyl (C=O) groups excluding carboxylic acids is 2. The number of carboxylic acid groups (broad SMARTS) is 1. The van der Waals surface area contributed by atoms with E-state index in [1.165, 1.54) is 77.0 Å². The molecule has 0 bridgehead atoms. The van der Waals surface area contributed by atoms with Gasteiger partial charge in [-0.25, -0.2) is 0 Å². The third kappa shape index (κ3) is 13.6. The number of anilines is 1. The van der Waals surface area contributed by atoms with E-state index in [0.29, 0.717) is 30.1 Å². The van der Waals surface area contributed by atoms with Crippen molar-refractivity contribution in [3.63, 3.8) is 0 Å². The second-order valence-corrected chi connectivity index (χ2v) is 11.2. The van der Waals surface area contributed by atoms with Crippen LogP contribution in [-0.4, -0.2) is 22.4 Å². The Kier molecular flexibility index (Phi) is 18.5. The number of ketones is 1. The number of nitrogens with one attached hydrogen (secondary N) is 1. The molecule has 0 unspecified atom stereocenters. The standard InChI is InChI=1S/C33H52N2O3.Na/c1-5-7-9-11-13-18-28(19-14-12-10-8-6-2)34-29-20-15-17-27(23-29)33(38)31-25-35(22-16-21-32(36)37)24-30(31)26(3)4;/h15,17,20,23-26,28,34H,5-14,16,18-19,21-22H2,1-4H3,(H,36,37);/q;+1/p-1. The quantitative estimate of drug-likeness (QED) is 0.138. The minimum absolute atomic E-state index is 0. The Balaban J connectivity index is 0.00000760. The van der Waals surface area contributed by atoms with Crippen molar-refractivity contribution in [2.45, 2.75) is 136 Å². The zero-order valence-corrected chi connectivity index (χ0v) is 27.4. The van der Waals surface area contributed by atoms with E-state index in [-0.39, 0.29) is 47.7 Å². The van der Waals surface area contributed by atoms with Crippen LogP contribution in [0.1, 0.15) is 145 Å². The Morgan fingerprint density at radius 1 is 0.872 bits per heavy atom. The summed E-state index contributed by atoms with van der Waals surface area (Å²) in [6, 6.07) is 8.38. The predicted molar refractivity (Wildman–Crippen MR) is 157 cm³/mol. The van der Waals surface area contributed by atoms with E-state index in [0.717, 1.165) is 11.3 Å². The Labute approximate surface area is 259 Å². The number of unbranched alkanes of at least 4 members (excludes halogenated alkanes) is 8. The summed E-state index contributed by atoms with van der Waals surface area (Å²) in [5.74, 6) is -0.823. The molecule has 0 saturated heterocycles. The van der Waals surface area contributed by atoms with Crippen molar-refractivity contribution < 1.29 is 44.3 Å². The fourth-order valence-electron chi connectivity index (χ4n) is 5.13. The van der Waals surface area contributed by atoms with Crippen LogP contribution < -0.4 is 40.0 Å². The van der Waals surface area contributed by atoms with Crippen LogP contribution in [0.2, 0.25) is 0 Å². The molecule has 0 aliphatic heterocycles. The molecule has 5 nitrogen and oxygen atoms in total. The molecular formula is C33H51N2NaO3. The van der Waals surface area contributed by atoms with E-state index in [1.807, 2.05) is 35.2 Å². The van der Waals surface area contributed by atoms with Crippen molar-refractivity contribution in [2.24, 2.45) is 0 Å². The van der Waals surface area contributed by atoms with Crippen LogP contribution in [-0.2, 0) is 11.3 Å². The molecule has 0 spiro atoms. The molecule has 2 aromatic rings. The smallest absolute Gasteiger partial charge is 0.550 e. The molecular weight excluding hydrogens is 495 g/mol. The van der Waals surface area contributed by atoms with Gasteiger partial charge in [0.05, 0.1) is 0 Å². The monoisotopic (exact) mass is 546 g/mol. The minimum atomic E-state index is -1.04. The van der Waals surface area contributed by atoms with Crippen molar-refractivity contribution in [3.05, 3.63) is 53.3 Å². The predicted octanol–water partition coefficient (Wildman–Crippen LogP) is 4.88. The molecule has 1 heterocycles. The van der Waals surface area contributed by atoms with Crippen molar-refractivity contribution >= 4 is 17.4 Å². The first-order chi connectivity index (χ1) is 18.3. The third-order valence-corrected chi connectivity index (χ3v) is 7.38. The number of rotatable bonds is 21. The molecule has 0 amide bonds. The van der Waals surface area contributed by atoms with E-state index in [1.54, 1.807) is 0 Å². The number of aliphatic carboxylic acids is 1. The number of hydrogen-bond donors (Lipinski definition) is 1. The summed E-state index contributed by atoms with van der Waals surface area (Å²) >= 11 is 0. The molecule has 0 saturated carbocycles. The van der Waals surface area contributed by atoms with Gasteiger partial charge in [0.25, 0.3) is 0 Å². The van der Waals surface area contributed by atoms with Gasteiger partial charge in [-0.3, -0.25) is 4.79 Å². The summed E-state index contributed by atoms with van der Waals surface area (Å²) in [6.45, 7) is 9.24. The van der Waals surface area contributed by atoms with E-state index in [4.69, 9.17) is 0 Å². The molecule has 6 heteroatoms. The van der Waals surface area contributed by atoms with Crippen molar-refractivity contribution in [1.29, 1.82) is 0 Å². The van der Waals surface area contributed by atoms with Gasteiger partial charge in [0.2, 0.25) is 0 Å². The first kappa shape index (κ1) is 35.5. The number of hydrogen-bond acceptors (Lipinski definition) is 4. The van der Waals surface area contributed by atoms with Gasteiger partial charge in [0.15, 0.2) is 5.78 Å². The molecule has 1 N–H and O–H groups in total. The summed E-state index contributed by atoms with van der Waals surface area (Å²) in [5.41, 5.74) is 3.41. The SMILES string of the molecule is CCCCCCCC(CCCCCCC)Nc1cccc(C(=O)c2cn(CCCC(=O)[O-])cc2C(C)C)c1.[Na+]. The van der Waals surface area contributed by atoms with Crippen LogP contribution in [0.25, 0.3) is 0 Å². The molecule has 1 aromatic heterocycles. The normalized spacial score (nSPS) is 11.1. The Morgan fingerprint density at radius 3 is 2.05 bits per heavy atom. The minimum Gasteiger partial charge on any atom is -0.550 e. The summed E-state index contributed by atoms with van der Waals surface area (Å²) < 4.78 is 1.95. The molecule has 0 fully saturated rings. The molecule has 0 radical (unpaired) electrons. The van der Waals surface area contributed by atoms with Gasteiger partial charge in [-0.2, -0.15) is 0 Å². The first-order valence-corrected chi connectivity index (χ1v) is 15.2. The molecule has 0 aliphatic carbocycles.